The van der Waals surface area contributed by atoms with Gasteiger partial charge >= 0.3 is 0 Å². The number of likely N-dealkylation sites (N-methyl/N-ethyl adjacent to an activating group) is 7. The van der Waals surface area contributed by atoms with E-state index in [2.05, 4.69) is 21.3 Å². The number of rotatable bonds is 23. The highest BCUT2D eigenvalue weighted by molar-refractivity contribution is 6.00. The van der Waals surface area contributed by atoms with Crippen LogP contribution in [0.2, 0.25) is 0 Å². The highest BCUT2D eigenvalue weighted by atomic mass is 16.3. The first-order valence-electron chi connectivity index (χ1n) is 35.9. The summed E-state index contributed by atoms with van der Waals surface area (Å²) < 4.78 is 0. The predicted octanol–water partition coefficient (Wildman–Crippen LogP) is 6.61. The lowest BCUT2D eigenvalue weighted by Crippen LogP contribution is -2.63. The number of nitrogens with zero attached hydrogens (tertiary/aromatic N) is 7. The number of ketones is 1. The van der Waals surface area contributed by atoms with Crippen molar-refractivity contribution in [3.05, 3.63) is 35.4 Å². The van der Waals surface area contributed by atoms with E-state index in [9.17, 15) is 43.5 Å². The van der Waals surface area contributed by atoms with Gasteiger partial charge in [-0.15, -0.1) is 0 Å². The normalized spacial score (nSPS) is 24.8. The van der Waals surface area contributed by atoms with E-state index < -0.39 is 156 Å². The Balaban J connectivity index is 2.87. The molecule has 1 fully saturated rings. The molecule has 0 radical (unpaired) electrons. The van der Waals surface area contributed by atoms with Gasteiger partial charge in [0.05, 0.1) is 12.6 Å². The van der Waals surface area contributed by atoms with Gasteiger partial charge < -0.3 is 60.7 Å². The molecule has 12 atom stereocenters. The van der Waals surface area contributed by atoms with Gasteiger partial charge in [-0.3, -0.25) is 57.5 Å². The lowest BCUT2D eigenvalue weighted by atomic mass is 9.90. The number of hydrogen-bond acceptors (Lipinski definition) is 13. The summed E-state index contributed by atoms with van der Waals surface area (Å²) in [7, 11) is 9.97. The smallest absolute Gasteiger partial charge is 0.246 e. The maximum absolute atomic E-state index is 15.4. The van der Waals surface area contributed by atoms with Crippen LogP contribution in [-0.2, 0) is 52.7 Å². The van der Waals surface area contributed by atoms with Crippen molar-refractivity contribution in [2.75, 3.05) is 55.9 Å². The van der Waals surface area contributed by atoms with Crippen molar-refractivity contribution in [3.63, 3.8) is 0 Å². The molecule has 24 nitrogen and oxygen atoms in total. The average Bonchev–Trinajstić information content (AvgIpc) is 0.807. The summed E-state index contributed by atoms with van der Waals surface area (Å²) in [6, 6.07) is -4.92. The molecule has 0 saturated carbocycles. The van der Waals surface area contributed by atoms with E-state index in [0.717, 1.165) is 47.5 Å². The molecule has 1 heterocycles. The summed E-state index contributed by atoms with van der Waals surface area (Å²) in [5.74, 6) is -9.70. The number of carbonyl (C=O) groups is 12. The Kier molecular flexibility index (Phi) is 36.4. The lowest BCUT2D eigenvalue weighted by molar-refractivity contribution is -0.157. The summed E-state index contributed by atoms with van der Waals surface area (Å²) in [5, 5.41) is 23.6. The molecule has 24 heteroatoms. The molecule has 1 aromatic rings. The molecule has 1 aliphatic heterocycles. The first kappa shape index (κ1) is 87.1. The van der Waals surface area contributed by atoms with Gasteiger partial charge in [0.1, 0.15) is 60.4 Å². The quantitative estimate of drug-likeness (QED) is 0.0570. The van der Waals surface area contributed by atoms with Gasteiger partial charge in [0.25, 0.3) is 0 Å². The minimum Gasteiger partial charge on any atom is -0.390 e. The van der Waals surface area contributed by atoms with E-state index in [0.29, 0.717) is 24.8 Å². The first-order valence-corrected chi connectivity index (χ1v) is 35.9. The third-order valence-corrected chi connectivity index (χ3v) is 19.0. The number of benzene rings is 1. The number of Topliss-reactive ketones (excluding diaryl/α,β-unsaturated/α-hetero) is 1. The molecule has 0 bridgehead atoms. The minimum absolute atomic E-state index is 0.0105. The van der Waals surface area contributed by atoms with Gasteiger partial charge in [0.15, 0.2) is 5.78 Å². The van der Waals surface area contributed by atoms with E-state index in [4.69, 9.17) is 0 Å². The molecule has 0 aromatic heterocycles. The molecule has 1 saturated heterocycles. The Morgan fingerprint density at radius 3 is 1.43 bits per heavy atom. The van der Waals surface area contributed by atoms with Crippen LogP contribution >= 0.6 is 0 Å². The van der Waals surface area contributed by atoms with Gasteiger partial charge in [0, 0.05) is 61.3 Å². The Bertz CT molecular complexity index is 2840. The number of carbonyl (C=O) groups excluding carboxylic acids is 12. The Hall–Kier alpha value is -6.98. The van der Waals surface area contributed by atoms with Crippen LogP contribution in [0, 0.1) is 48.3 Å². The highest BCUT2D eigenvalue weighted by Gasteiger charge is 2.46. The van der Waals surface area contributed by atoms with E-state index >= 15 is 19.2 Å². The van der Waals surface area contributed by atoms with E-state index in [1.165, 1.54) is 87.7 Å². The van der Waals surface area contributed by atoms with Crippen LogP contribution in [0.3, 0.4) is 0 Å². The standard InChI is InChI=1S/C74H127N11O13/c1-25-54-70(94)79(18)42-60(87)80(19)55(37-43(2)3)67(91)78-61(47(10)11)73(97)81(20)56(38-44(4)5)66(90)75-51(16)65(89)76-52(17)69(93)82(21)57(39-45(6)7)71(95)83(22)58(40-46(8)9)72(96)84(23)62(48(12)13)74(98)85(24)63(68(92)77-54)64(88)50(15)34-30-28-26-27-29-31-36-59(86)53-35-32-33-49(14)41-53/h32-33,35,41,43-48,50-52,54-58,61-64,88H,25-31,34,36-40,42H2,1-24H3,(H,75,90)(H,76,89)(H,77,92)(H,78,91)/t50-,51+,52-,54+,55+,56+,57+,58+,61+,62+,63+,64-/m1/s1. The molecule has 2 rings (SSSR count). The fraction of sp³-hybridized carbons (Fsp3) is 0.757. The van der Waals surface area contributed by atoms with Gasteiger partial charge in [-0.2, -0.15) is 0 Å². The Labute approximate surface area is 586 Å². The van der Waals surface area contributed by atoms with E-state index in [-0.39, 0.29) is 61.6 Å². The summed E-state index contributed by atoms with van der Waals surface area (Å²) in [6.07, 6.45) is 4.78. The highest BCUT2D eigenvalue weighted by Crippen LogP contribution is 2.27. The van der Waals surface area contributed by atoms with E-state index in [1.807, 2.05) is 86.6 Å². The van der Waals surface area contributed by atoms with Crippen molar-refractivity contribution in [2.24, 2.45) is 41.4 Å². The molecule has 11 amide bonds. The predicted molar refractivity (Wildman–Crippen MR) is 381 cm³/mol. The first-order chi connectivity index (χ1) is 45.5. The van der Waals surface area contributed by atoms with Crippen molar-refractivity contribution >= 4 is 70.8 Å². The zero-order valence-corrected chi connectivity index (χ0v) is 64.1. The molecule has 556 valence electrons. The van der Waals surface area contributed by atoms with Gasteiger partial charge in [-0.1, -0.05) is 153 Å². The lowest BCUT2D eigenvalue weighted by Gasteiger charge is -2.41. The van der Waals surface area contributed by atoms with Gasteiger partial charge in [0.2, 0.25) is 65.0 Å². The van der Waals surface area contributed by atoms with Crippen molar-refractivity contribution in [1.29, 1.82) is 0 Å². The zero-order valence-electron chi connectivity index (χ0n) is 64.1. The monoisotopic (exact) mass is 1380 g/mol. The molecule has 1 aliphatic rings. The second kappa shape index (κ2) is 40.9. The van der Waals surface area contributed by atoms with Crippen LogP contribution in [0.1, 0.15) is 210 Å². The second-order valence-corrected chi connectivity index (χ2v) is 30.2. The van der Waals surface area contributed by atoms with Crippen LogP contribution in [-0.4, -0.2) is 233 Å². The maximum Gasteiger partial charge on any atom is 0.246 e. The number of hydrogen-bond donors (Lipinski definition) is 5. The Morgan fingerprint density at radius 1 is 0.480 bits per heavy atom. The maximum atomic E-state index is 15.4. The fourth-order valence-corrected chi connectivity index (χ4v) is 12.8. The summed E-state index contributed by atoms with van der Waals surface area (Å²) in [6.45, 7) is 29.6. The van der Waals surface area contributed by atoms with Crippen molar-refractivity contribution in [3.8, 4) is 0 Å². The number of aryl methyl sites for hydroxylation is 1. The van der Waals surface area contributed by atoms with Crippen LogP contribution < -0.4 is 21.3 Å². The molecule has 0 spiro atoms. The number of aliphatic hydroxyl groups excluding tert-OH is 1. The third-order valence-electron chi connectivity index (χ3n) is 19.0. The van der Waals surface area contributed by atoms with Crippen LogP contribution in [0.4, 0.5) is 0 Å². The number of unbranched alkanes of at least 4 members (excludes halogenated alkanes) is 5. The molecule has 1 aromatic carbocycles. The summed E-state index contributed by atoms with van der Waals surface area (Å²) in [4.78, 5) is 183. The van der Waals surface area contributed by atoms with Crippen LogP contribution in [0.25, 0.3) is 0 Å². The van der Waals surface area contributed by atoms with Crippen molar-refractivity contribution < 1.29 is 62.6 Å². The average molecular weight is 1380 g/mol. The topological polar surface area (TPSA) is 296 Å². The molecule has 0 aliphatic carbocycles. The van der Waals surface area contributed by atoms with Crippen LogP contribution in [0.15, 0.2) is 24.3 Å². The van der Waals surface area contributed by atoms with Gasteiger partial charge in [-0.25, -0.2) is 0 Å². The summed E-state index contributed by atoms with van der Waals surface area (Å²) in [5.41, 5.74) is 1.73. The zero-order chi connectivity index (χ0) is 75.1. The summed E-state index contributed by atoms with van der Waals surface area (Å²) >= 11 is 0. The minimum atomic E-state index is -1.63. The fourth-order valence-electron chi connectivity index (χ4n) is 12.8. The van der Waals surface area contributed by atoms with Crippen molar-refractivity contribution in [2.45, 2.75) is 268 Å². The molecular formula is C74H127N11O13. The number of nitrogens with one attached hydrogen (secondary N) is 4. The molecule has 5 N–H and O–H groups in total. The number of aliphatic hydroxyl groups is 1. The molecule has 98 heavy (non-hydrogen) atoms. The third kappa shape index (κ3) is 25.6. The SMILES string of the molecule is CC[C@@H]1NC(=O)[C@H]([C@H](O)[C@H](C)CCCCCCCCC(=O)c2cccc(C)c2)N(C)C(=O)[C@H](C(C)C)N(C)C(=O)[C@H](CC(C)C)N(C)C(=O)[C@H](CC(C)C)N(C)C(=O)[C@@H](C)NC(=O)[C@H](C)NC(=O)[C@H](CC(C)C)N(C)C(=O)[C@H](C(C)C)NC(=O)[C@H](CC(C)C)N(C)C(=O)CN(C)C1=O. The molecular weight excluding hydrogens is 1250 g/mol. The number of amides is 11. The Morgan fingerprint density at radius 2 is 0.929 bits per heavy atom. The molecule has 0 unspecified atom stereocenters. The second-order valence-electron chi connectivity index (χ2n) is 30.2. The van der Waals surface area contributed by atoms with Gasteiger partial charge in [-0.05, 0) is 113 Å². The van der Waals surface area contributed by atoms with Crippen molar-refractivity contribution in [1.82, 2.24) is 55.6 Å². The van der Waals surface area contributed by atoms with E-state index in [1.54, 1.807) is 41.5 Å². The largest absolute Gasteiger partial charge is 0.390 e. The van der Waals surface area contributed by atoms with Crippen LogP contribution in [0.5, 0.6) is 0 Å².